The van der Waals surface area contributed by atoms with Crippen LogP contribution in [0.15, 0.2) is 24.4 Å². The first-order valence-corrected chi connectivity index (χ1v) is 8.40. The van der Waals surface area contributed by atoms with Crippen LogP contribution < -0.4 is 15.4 Å². The molecule has 1 aromatic carbocycles. The van der Waals surface area contributed by atoms with E-state index >= 15 is 0 Å². The van der Waals surface area contributed by atoms with Gasteiger partial charge >= 0.3 is 0 Å². The molecule has 1 fully saturated rings. The number of benzene rings is 1. The predicted molar refractivity (Wildman–Crippen MR) is 97.4 cm³/mol. The third kappa shape index (κ3) is 4.92. The average Bonchev–Trinajstić information content (AvgIpc) is 3.13. The topological polar surface area (TPSA) is 81.1 Å². The number of aromatic nitrogens is 3. The van der Waals surface area contributed by atoms with Gasteiger partial charge in [0.2, 0.25) is 0 Å². The lowest BCUT2D eigenvalue weighted by molar-refractivity contribution is 0.0949. The van der Waals surface area contributed by atoms with Crippen LogP contribution in [0.2, 0.25) is 0 Å². The van der Waals surface area contributed by atoms with E-state index in [1.54, 1.807) is 23.0 Å². The van der Waals surface area contributed by atoms with Crippen molar-refractivity contribution in [3.8, 4) is 5.75 Å². The van der Waals surface area contributed by atoms with Gasteiger partial charge < -0.3 is 15.4 Å². The summed E-state index contributed by atoms with van der Waals surface area (Å²) in [6.45, 7) is 2.29. The Morgan fingerprint density at radius 2 is 2.19 bits per heavy atom. The molecule has 9 heteroatoms. The number of carbonyl (C=O) groups excluding carboxylic acids is 1. The maximum absolute atomic E-state index is 13.6. The zero-order valence-electron chi connectivity index (χ0n) is 14.6. The number of nitrogens with zero attached hydrogens (tertiary/aromatic N) is 3. The lowest BCUT2D eigenvalue weighted by Gasteiger charge is -2.22. The molecule has 1 amide bonds. The van der Waals surface area contributed by atoms with E-state index in [1.807, 2.05) is 0 Å². The highest BCUT2D eigenvalue weighted by Gasteiger charge is 2.18. The Labute approximate surface area is 157 Å². The normalized spacial score (nSPS) is 14.5. The van der Waals surface area contributed by atoms with Crippen molar-refractivity contribution in [2.75, 3.05) is 26.7 Å². The second kappa shape index (κ2) is 9.49. The number of carbonyl (C=O) groups is 1. The predicted octanol–water partition coefficient (Wildman–Crippen LogP) is 1.74. The molecule has 2 heterocycles. The molecule has 0 atom stereocenters. The van der Waals surface area contributed by atoms with Gasteiger partial charge in [-0.05, 0) is 50.0 Å². The van der Waals surface area contributed by atoms with Gasteiger partial charge in [0.05, 0.1) is 19.3 Å². The Bertz CT molecular complexity index is 734. The lowest BCUT2D eigenvalue weighted by Crippen LogP contribution is -2.29. The number of methoxy groups -OCH3 is 1. The van der Waals surface area contributed by atoms with Crippen LogP contribution in [0.1, 0.15) is 34.9 Å². The molecule has 7 nitrogen and oxygen atoms in total. The molecule has 0 radical (unpaired) electrons. The molecule has 2 aromatic rings. The van der Waals surface area contributed by atoms with Crippen LogP contribution in [0.5, 0.6) is 5.75 Å². The van der Waals surface area contributed by atoms with Crippen molar-refractivity contribution in [2.45, 2.75) is 25.3 Å². The van der Waals surface area contributed by atoms with Crippen LogP contribution in [0, 0.1) is 5.82 Å². The van der Waals surface area contributed by atoms with Gasteiger partial charge in [-0.3, -0.25) is 4.79 Å². The largest absolute Gasteiger partial charge is 0.494 e. The average molecular weight is 384 g/mol. The molecular weight excluding hydrogens is 361 g/mol. The molecule has 0 aliphatic carbocycles. The van der Waals surface area contributed by atoms with Gasteiger partial charge in [0, 0.05) is 6.54 Å². The van der Waals surface area contributed by atoms with Crippen LogP contribution in [0.3, 0.4) is 0 Å². The second-order valence-corrected chi connectivity index (χ2v) is 6.04. The van der Waals surface area contributed by atoms with Crippen molar-refractivity contribution >= 4 is 18.3 Å². The van der Waals surface area contributed by atoms with E-state index in [1.165, 1.54) is 13.2 Å². The first kappa shape index (κ1) is 20.1. The van der Waals surface area contributed by atoms with E-state index in [2.05, 4.69) is 20.9 Å². The SMILES string of the molecule is COc1ccc(CCNC(=O)c2cn(C3CCNCC3)nn2)cc1F.Cl. The van der Waals surface area contributed by atoms with Crippen molar-refractivity contribution in [3.05, 3.63) is 41.5 Å². The fourth-order valence-electron chi connectivity index (χ4n) is 2.91. The first-order valence-electron chi connectivity index (χ1n) is 8.40. The smallest absolute Gasteiger partial charge is 0.273 e. The molecule has 1 aromatic heterocycles. The molecule has 1 aliphatic heterocycles. The van der Waals surface area contributed by atoms with Gasteiger partial charge in [0.1, 0.15) is 0 Å². The van der Waals surface area contributed by atoms with E-state index < -0.39 is 5.82 Å². The van der Waals surface area contributed by atoms with E-state index in [4.69, 9.17) is 4.74 Å². The van der Waals surface area contributed by atoms with Gasteiger partial charge in [0.15, 0.2) is 17.3 Å². The minimum absolute atomic E-state index is 0. The summed E-state index contributed by atoms with van der Waals surface area (Å²) in [5.74, 6) is -0.465. The number of piperidine rings is 1. The number of ether oxygens (including phenoxy) is 1. The summed E-state index contributed by atoms with van der Waals surface area (Å²) in [4.78, 5) is 12.2. The Kier molecular flexibility index (Phi) is 7.35. The van der Waals surface area contributed by atoms with Crippen LogP contribution >= 0.6 is 12.4 Å². The molecule has 3 rings (SSSR count). The molecule has 1 saturated heterocycles. The van der Waals surface area contributed by atoms with Gasteiger partial charge in [-0.1, -0.05) is 11.3 Å². The highest BCUT2D eigenvalue weighted by atomic mass is 35.5. The number of hydrogen-bond donors (Lipinski definition) is 2. The van der Waals surface area contributed by atoms with Crippen LogP contribution in [-0.2, 0) is 6.42 Å². The summed E-state index contributed by atoms with van der Waals surface area (Å²) in [6, 6.07) is 5.06. The molecule has 2 N–H and O–H groups in total. The third-order valence-electron chi connectivity index (χ3n) is 4.34. The highest BCUT2D eigenvalue weighted by molar-refractivity contribution is 5.91. The van der Waals surface area contributed by atoms with E-state index in [0.29, 0.717) is 18.7 Å². The number of halogens is 2. The lowest BCUT2D eigenvalue weighted by atomic mass is 10.1. The molecule has 142 valence electrons. The first-order chi connectivity index (χ1) is 12.2. The molecule has 0 unspecified atom stereocenters. The van der Waals surface area contributed by atoms with E-state index in [-0.39, 0.29) is 30.1 Å². The quantitative estimate of drug-likeness (QED) is 0.794. The highest BCUT2D eigenvalue weighted by Crippen LogP contribution is 2.18. The van der Waals surface area contributed by atoms with Crippen LogP contribution in [0.4, 0.5) is 4.39 Å². The monoisotopic (exact) mass is 383 g/mol. The summed E-state index contributed by atoms with van der Waals surface area (Å²) < 4.78 is 20.3. The number of hydrogen-bond acceptors (Lipinski definition) is 5. The minimum Gasteiger partial charge on any atom is -0.494 e. The van der Waals surface area contributed by atoms with E-state index in [9.17, 15) is 9.18 Å². The summed E-state index contributed by atoms with van der Waals surface area (Å²) >= 11 is 0. The molecule has 0 saturated carbocycles. The van der Waals surface area contributed by atoms with Gasteiger partial charge in [-0.15, -0.1) is 17.5 Å². The zero-order chi connectivity index (χ0) is 17.6. The maximum Gasteiger partial charge on any atom is 0.273 e. The Balaban J connectivity index is 0.00000243. The molecule has 0 spiro atoms. The number of nitrogens with one attached hydrogen (secondary N) is 2. The van der Waals surface area contributed by atoms with Crippen molar-refractivity contribution < 1.29 is 13.9 Å². The maximum atomic E-state index is 13.6. The molecule has 0 bridgehead atoms. The van der Waals surface area contributed by atoms with Crippen molar-refractivity contribution in [2.24, 2.45) is 0 Å². The van der Waals surface area contributed by atoms with Gasteiger partial charge in [0.25, 0.3) is 5.91 Å². The van der Waals surface area contributed by atoms with E-state index in [0.717, 1.165) is 31.5 Å². The van der Waals surface area contributed by atoms with Gasteiger partial charge in [-0.2, -0.15) is 0 Å². The van der Waals surface area contributed by atoms with Crippen LogP contribution in [-0.4, -0.2) is 47.6 Å². The van der Waals surface area contributed by atoms with Gasteiger partial charge in [-0.25, -0.2) is 9.07 Å². The Morgan fingerprint density at radius 1 is 1.42 bits per heavy atom. The second-order valence-electron chi connectivity index (χ2n) is 6.04. The van der Waals surface area contributed by atoms with Crippen molar-refractivity contribution in [1.82, 2.24) is 25.6 Å². The zero-order valence-corrected chi connectivity index (χ0v) is 15.4. The standard InChI is InChI=1S/C17H22FN5O2.ClH/c1-25-16-3-2-12(10-14(16)18)4-9-20-17(24)15-11-23(22-21-15)13-5-7-19-8-6-13;/h2-3,10-11,13,19H,4-9H2,1H3,(H,20,24);1H. The third-order valence-corrected chi connectivity index (χ3v) is 4.34. The molecular formula is C17H23ClFN5O2. The number of rotatable bonds is 6. The fourth-order valence-corrected chi connectivity index (χ4v) is 2.91. The molecule has 26 heavy (non-hydrogen) atoms. The fraction of sp³-hybridized carbons (Fsp3) is 0.471. The Morgan fingerprint density at radius 3 is 2.88 bits per heavy atom. The number of amides is 1. The van der Waals surface area contributed by atoms with Crippen LogP contribution in [0.25, 0.3) is 0 Å². The summed E-state index contributed by atoms with van der Waals surface area (Å²) in [5.41, 5.74) is 1.09. The molecule has 1 aliphatic rings. The van der Waals surface area contributed by atoms with Crippen molar-refractivity contribution in [1.29, 1.82) is 0 Å². The minimum atomic E-state index is -0.406. The summed E-state index contributed by atoms with van der Waals surface area (Å²) in [7, 11) is 1.43. The Hall–Kier alpha value is -2.19. The summed E-state index contributed by atoms with van der Waals surface area (Å²) in [5, 5.41) is 14.1. The van der Waals surface area contributed by atoms with Crippen molar-refractivity contribution in [3.63, 3.8) is 0 Å². The summed E-state index contributed by atoms with van der Waals surface area (Å²) in [6.07, 6.45) is 4.17.